The molecular weight excluding hydrogens is 360 g/mol. The molecule has 3 rings (SSSR count). The number of benzene rings is 1. The maximum absolute atomic E-state index is 12.7. The summed E-state index contributed by atoms with van der Waals surface area (Å²) >= 11 is 0. The third kappa shape index (κ3) is 4.51. The van der Waals surface area contributed by atoms with E-state index in [1.165, 1.54) is 0 Å². The number of carbonyl (C=O) groups excluding carboxylic acids is 2. The Morgan fingerprint density at radius 2 is 2.14 bits per heavy atom. The van der Waals surface area contributed by atoms with Crippen LogP contribution in [-0.2, 0) is 22.5 Å². The van der Waals surface area contributed by atoms with Crippen LogP contribution in [-0.4, -0.2) is 65.9 Å². The lowest BCUT2D eigenvalue weighted by atomic mass is 10.1. The Morgan fingerprint density at radius 3 is 2.93 bits per heavy atom. The molecule has 1 unspecified atom stereocenters. The molecule has 0 radical (unpaired) electrons. The summed E-state index contributed by atoms with van der Waals surface area (Å²) < 4.78 is 12.6. The van der Waals surface area contributed by atoms with Crippen molar-refractivity contribution in [1.29, 1.82) is 0 Å². The van der Waals surface area contributed by atoms with Crippen LogP contribution in [0.25, 0.3) is 0 Å². The lowest BCUT2D eigenvalue weighted by Gasteiger charge is -2.32. The number of para-hydroxylation sites is 1. The number of ether oxygens (including phenoxy) is 2. The maximum Gasteiger partial charge on any atom is 0.272 e. The summed E-state index contributed by atoms with van der Waals surface area (Å²) in [6, 6.07) is 9.41. The number of nitrogens with zero attached hydrogens (tertiary/aromatic N) is 3. The molecule has 1 N–H and O–H groups in total. The molecule has 150 valence electrons. The quantitative estimate of drug-likeness (QED) is 0.771. The maximum atomic E-state index is 12.7. The van der Waals surface area contributed by atoms with Gasteiger partial charge >= 0.3 is 0 Å². The third-order valence-corrected chi connectivity index (χ3v) is 4.77. The molecule has 1 saturated heterocycles. The molecule has 0 aliphatic carbocycles. The van der Waals surface area contributed by atoms with E-state index in [4.69, 9.17) is 9.47 Å². The zero-order chi connectivity index (χ0) is 19.9. The molecule has 2 heterocycles. The first-order valence-electron chi connectivity index (χ1n) is 9.46. The van der Waals surface area contributed by atoms with Crippen LogP contribution in [0.15, 0.2) is 36.5 Å². The van der Waals surface area contributed by atoms with Crippen LogP contribution in [0.3, 0.4) is 0 Å². The molecule has 2 amide bonds. The van der Waals surface area contributed by atoms with Crippen molar-refractivity contribution in [1.82, 2.24) is 20.0 Å². The van der Waals surface area contributed by atoms with Crippen LogP contribution in [0.1, 0.15) is 23.0 Å². The van der Waals surface area contributed by atoms with Gasteiger partial charge in [-0.25, -0.2) is 0 Å². The van der Waals surface area contributed by atoms with E-state index in [0.29, 0.717) is 38.4 Å². The summed E-state index contributed by atoms with van der Waals surface area (Å²) in [7, 11) is 1.63. The van der Waals surface area contributed by atoms with Gasteiger partial charge in [-0.15, -0.1) is 0 Å². The highest BCUT2D eigenvalue weighted by molar-refractivity contribution is 5.93. The van der Waals surface area contributed by atoms with E-state index in [-0.39, 0.29) is 18.4 Å². The molecule has 8 heteroatoms. The Balaban J connectivity index is 1.53. The number of morpholine rings is 1. The lowest BCUT2D eigenvalue weighted by Crippen LogP contribution is -2.52. The van der Waals surface area contributed by atoms with E-state index < -0.39 is 6.10 Å². The number of nitrogens with one attached hydrogen (secondary N) is 1. The summed E-state index contributed by atoms with van der Waals surface area (Å²) in [6.45, 7) is 4.03. The number of carbonyl (C=O) groups is 2. The molecule has 1 aromatic heterocycles. The fraction of sp³-hybridized carbons (Fsp3) is 0.450. The lowest BCUT2D eigenvalue weighted by molar-refractivity contribution is -0.137. The van der Waals surface area contributed by atoms with Crippen molar-refractivity contribution >= 4 is 11.8 Å². The van der Waals surface area contributed by atoms with Crippen LogP contribution in [0.2, 0.25) is 0 Å². The molecule has 1 atom stereocenters. The minimum absolute atomic E-state index is 0.130. The first-order chi connectivity index (χ1) is 13.6. The van der Waals surface area contributed by atoms with Gasteiger partial charge in [-0.3, -0.25) is 14.3 Å². The number of methoxy groups -OCH3 is 1. The second-order valence-corrected chi connectivity index (χ2v) is 6.50. The molecule has 0 bridgehead atoms. The van der Waals surface area contributed by atoms with Crippen molar-refractivity contribution in [2.75, 3.05) is 33.4 Å². The fourth-order valence-electron chi connectivity index (χ4n) is 3.26. The van der Waals surface area contributed by atoms with Gasteiger partial charge in [0.25, 0.3) is 11.8 Å². The fourth-order valence-corrected chi connectivity index (χ4v) is 3.26. The average Bonchev–Trinajstić information content (AvgIpc) is 3.22. The van der Waals surface area contributed by atoms with Gasteiger partial charge in [-0.1, -0.05) is 18.2 Å². The first-order valence-corrected chi connectivity index (χ1v) is 9.46. The third-order valence-electron chi connectivity index (χ3n) is 4.77. The smallest absolute Gasteiger partial charge is 0.272 e. The largest absolute Gasteiger partial charge is 0.496 e. The summed E-state index contributed by atoms with van der Waals surface area (Å²) in [5.41, 5.74) is 1.55. The highest BCUT2D eigenvalue weighted by Crippen LogP contribution is 2.17. The molecule has 1 aromatic carbocycles. The van der Waals surface area contributed by atoms with E-state index in [9.17, 15) is 9.59 Å². The minimum atomic E-state index is -0.673. The summed E-state index contributed by atoms with van der Waals surface area (Å²) in [6.07, 6.45) is 1.59. The second-order valence-electron chi connectivity index (χ2n) is 6.50. The van der Waals surface area contributed by atoms with E-state index in [1.807, 2.05) is 31.2 Å². The van der Waals surface area contributed by atoms with Crippen molar-refractivity contribution < 1.29 is 19.1 Å². The number of amides is 2. The predicted octanol–water partition coefficient (Wildman–Crippen LogP) is 1.11. The van der Waals surface area contributed by atoms with E-state index in [0.717, 1.165) is 11.3 Å². The van der Waals surface area contributed by atoms with Crippen LogP contribution in [0, 0.1) is 0 Å². The molecule has 1 aliphatic heterocycles. The van der Waals surface area contributed by atoms with Crippen molar-refractivity contribution in [3.05, 3.63) is 47.8 Å². The van der Waals surface area contributed by atoms with Gasteiger partial charge in [0.05, 0.1) is 20.3 Å². The Bertz CT molecular complexity index is 820. The van der Waals surface area contributed by atoms with Crippen molar-refractivity contribution in [2.45, 2.75) is 26.0 Å². The Hall–Kier alpha value is -2.87. The molecule has 1 aliphatic rings. The Kier molecular flexibility index (Phi) is 6.65. The molecular formula is C20H26N4O4. The van der Waals surface area contributed by atoms with Crippen molar-refractivity contribution in [3.8, 4) is 5.75 Å². The second kappa shape index (κ2) is 9.36. The first kappa shape index (κ1) is 19.9. The number of aromatic nitrogens is 2. The van der Waals surface area contributed by atoms with E-state index in [2.05, 4.69) is 10.4 Å². The van der Waals surface area contributed by atoms with Crippen LogP contribution in [0.5, 0.6) is 5.75 Å². The van der Waals surface area contributed by atoms with Crippen molar-refractivity contribution in [3.63, 3.8) is 0 Å². The highest BCUT2D eigenvalue weighted by Gasteiger charge is 2.30. The molecule has 0 spiro atoms. The molecule has 2 aromatic rings. The van der Waals surface area contributed by atoms with E-state index in [1.54, 1.807) is 29.0 Å². The topological polar surface area (TPSA) is 85.7 Å². The number of hydrogen-bond donors (Lipinski definition) is 1. The zero-order valence-corrected chi connectivity index (χ0v) is 16.3. The van der Waals surface area contributed by atoms with Gasteiger partial charge in [0.2, 0.25) is 0 Å². The normalized spacial score (nSPS) is 16.6. The van der Waals surface area contributed by atoms with Gasteiger partial charge in [-0.2, -0.15) is 5.10 Å². The highest BCUT2D eigenvalue weighted by atomic mass is 16.5. The Labute approximate surface area is 164 Å². The standard InChI is InChI=1S/C20H26N4O4/c1-3-24-16(9-11-22-24)20(26)23-12-13-28-18(14-23)19(25)21-10-8-15-6-4-5-7-17(15)27-2/h4-7,9,11,18H,3,8,10,12-14H2,1-2H3,(H,21,25). The summed E-state index contributed by atoms with van der Waals surface area (Å²) in [5.74, 6) is 0.459. The van der Waals surface area contributed by atoms with E-state index >= 15 is 0 Å². The minimum Gasteiger partial charge on any atom is -0.496 e. The monoisotopic (exact) mass is 386 g/mol. The Morgan fingerprint density at radius 1 is 1.32 bits per heavy atom. The summed E-state index contributed by atoms with van der Waals surface area (Å²) in [5, 5.41) is 7.03. The number of hydrogen-bond acceptors (Lipinski definition) is 5. The van der Waals surface area contributed by atoms with Gasteiger partial charge in [0.1, 0.15) is 11.4 Å². The van der Waals surface area contributed by atoms with Gasteiger partial charge in [0.15, 0.2) is 6.10 Å². The molecule has 8 nitrogen and oxygen atoms in total. The number of aryl methyl sites for hydroxylation is 1. The molecule has 0 saturated carbocycles. The molecule has 1 fully saturated rings. The van der Waals surface area contributed by atoms with Crippen LogP contribution >= 0.6 is 0 Å². The average molecular weight is 386 g/mol. The van der Waals surface area contributed by atoms with Crippen LogP contribution in [0.4, 0.5) is 0 Å². The van der Waals surface area contributed by atoms with Gasteiger partial charge in [0, 0.05) is 25.8 Å². The van der Waals surface area contributed by atoms with Gasteiger partial charge < -0.3 is 19.7 Å². The number of rotatable bonds is 7. The zero-order valence-electron chi connectivity index (χ0n) is 16.3. The van der Waals surface area contributed by atoms with Crippen LogP contribution < -0.4 is 10.1 Å². The van der Waals surface area contributed by atoms with Crippen molar-refractivity contribution in [2.24, 2.45) is 0 Å². The molecule has 28 heavy (non-hydrogen) atoms. The summed E-state index contributed by atoms with van der Waals surface area (Å²) in [4.78, 5) is 26.9. The predicted molar refractivity (Wildman–Crippen MR) is 103 cm³/mol. The SMILES string of the molecule is CCn1nccc1C(=O)N1CCOC(C(=O)NCCc2ccccc2OC)C1. The van der Waals surface area contributed by atoms with Gasteiger partial charge in [-0.05, 0) is 31.0 Å².